The number of aryl methyl sites for hydroxylation is 1. The number of carbonyl (C=O) groups excluding carboxylic acids is 1. The molecule has 0 spiro atoms. The fourth-order valence-electron chi connectivity index (χ4n) is 7.26. The van der Waals surface area contributed by atoms with Crippen molar-refractivity contribution < 1.29 is 14.4 Å². The largest absolute Gasteiger partial charge is 0.390 e. The number of pyridine rings is 2. The van der Waals surface area contributed by atoms with Gasteiger partial charge in [-0.25, -0.2) is 0 Å². The van der Waals surface area contributed by atoms with E-state index >= 15 is 0 Å². The van der Waals surface area contributed by atoms with Crippen LogP contribution >= 0.6 is 0 Å². The quantitative estimate of drug-likeness (QED) is 0.479. The Morgan fingerprint density at radius 2 is 2.06 bits per heavy atom. The van der Waals surface area contributed by atoms with E-state index < -0.39 is 5.60 Å². The van der Waals surface area contributed by atoms with Crippen molar-refractivity contribution in [2.24, 2.45) is 17.8 Å². The molecule has 0 aromatic carbocycles. The van der Waals surface area contributed by atoms with E-state index in [2.05, 4.69) is 37.6 Å². The highest BCUT2D eigenvalue weighted by Gasteiger charge is 2.54. The molecule has 8 nitrogen and oxygen atoms in total. The van der Waals surface area contributed by atoms with Crippen LogP contribution in [0.25, 0.3) is 17.5 Å². The minimum atomic E-state index is -0.477. The Bertz CT molecular complexity index is 1330. The van der Waals surface area contributed by atoms with Crippen LogP contribution < -0.4 is 5.32 Å². The molecule has 36 heavy (non-hydrogen) atoms. The number of allylic oxidation sites excluding steroid dienone is 1. The van der Waals surface area contributed by atoms with Gasteiger partial charge in [0.15, 0.2) is 0 Å². The van der Waals surface area contributed by atoms with E-state index in [0.717, 1.165) is 53.8 Å². The third-order valence-electron chi connectivity index (χ3n) is 8.62. The molecule has 4 bridgehead atoms. The maximum absolute atomic E-state index is 12.8. The number of nitrogens with zero attached hydrogens (tertiary/aromatic N) is 4. The first-order chi connectivity index (χ1) is 17.5. The number of hydrogen-bond donors (Lipinski definition) is 2. The van der Waals surface area contributed by atoms with Crippen molar-refractivity contribution in [2.75, 3.05) is 5.32 Å². The lowest BCUT2D eigenvalue weighted by atomic mass is 9.52. The Morgan fingerprint density at radius 1 is 1.19 bits per heavy atom. The third kappa shape index (κ3) is 3.75. The molecule has 0 aliphatic heterocycles. The van der Waals surface area contributed by atoms with Crippen LogP contribution in [0.4, 0.5) is 5.69 Å². The second-order valence-corrected chi connectivity index (χ2v) is 11.1. The average Bonchev–Trinajstić information content (AvgIpc) is 3.54. The van der Waals surface area contributed by atoms with Crippen LogP contribution in [-0.2, 0) is 12.8 Å². The predicted octanol–water partition coefficient (Wildman–Crippen LogP) is 4.26. The minimum Gasteiger partial charge on any atom is -0.390 e. The number of aliphatic hydroxyl groups is 1. The molecule has 3 unspecified atom stereocenters. The number of fused-ring (bicyclic) bond motifs is 1. The number of nitrogens with one attached hydrogen (secondary N) is 1. The monoisotopic (exact) mass is 483 g/mol. The van der Waals surface area contributed by atoms with Gasteiger partial charge in [-0.3, -0.25) is 14.8 Å². The third-order valence-corrected chi connectivity index (χ3v) is 8.62. The smallest absolute Gasteiger partial charge is 0.262 e. The van der Waals surface area contributed by atoms with Crippen LogP contribution in [0.3, 0.4) is 0 Å². The molecular weight excluding hydrogens is 454 g/mol. The molecule has 5 atom stereocenters. The molecule has 0 radical (unpaired) electrons. The summed E-state index contributed by atoms with van der Waals surface area (Å²) in [6, 6.07) is 4.11. The van der Waals surface area contributed by atoms with E-state index in [4.69, 9.17) is 4.52 Å². The Labute approximate surface area is 209 Å². The molecule has 3 aromatic rings. The van der Waals surface area contributed by atoms with E-state index in [1.807, 2.05) is 12.1 Å². The second kappa shape index (κ2) is 8.34. The molecule has 184 valence electrons. The van der Waals surface area contributed by atoms with Crippen LogP contribution in [0.15, 0.2) is 41.3 Å². The lowest BCUT2D eigenvalue weighted by Crippen LogP contribution is -2.59. The first-order valence-electron chi connectivity index (χ1n) is 13.0. The van der Waals surface area contributed by atoms with Crippen LogP contribution in [-0.4, -0.2) is 42.6 Å². The predicted molar refractivity (Wildman–Crippen MR) is 133 cm³/mol. The van der Waals surface area contributed by atoms with Crippen molar-refractivity contribution in [1.82, 2.24) is 20.1 Å². The summed E-state index contributed by atoms with van der Waals surface area (Å²) >= 11 is 0. The summed E-state index contributed by atoms with van der Waals surface area (Å²) in [4.78, 5) is 26.0. The van der Waals surface area contributed by atoms with Gasteiger partial charge in [0.1, 0.15) is 0 Å². The summed E-state index contributed by atoms with van der Waals surface area (Å²) in [7, 11) is 0. The molecule has 4 fully saturated rings. The minimum absolute atomic E-state index is 0.0905. The fraction of sp³-hybridized carbons (Fsp3) is 0.464. The van der Waals surface area contributed by atoms with Gasteiger partial charge in [0.25, 0.3) is 5.89 Å². The number of anilines is 1. The molecule has 8 rings (SSSR count). The zero-order chi connectivity index (χ0) is 24.3. The van der Waals surface area contributed by atoms with E-state index in [9.17, 15) is 9.90 Å². The lowest BCUT2D eigenvalue weighted by Gasteiger charge is -2.58. The van der Waals surface area contributed by atoms with E-state index in [0.29, 0.717) is 36.1 Å². The Balaban J connectivity index is 1.16. The molecule has 3 heterocycles. The molecule has 2 N–H and O–H groups in total. The number of aromatic nitrogens is 4. The summed E-state index contributed by atoms with van der Waals surface area (Å²) in [6.07, 6.45) is 16.2. The van der Waals surface area contributed by atoms with Gasteiger partial charge in [0, 0.05) is 43.0 Å². The topological polar surface area (TPSA) is 114 Å². The van der Waals surface area contributed by atoms with Gasteiger partial charge in [-0.15, -0.1) is 0 Å². The standard InChI is InChI=1S/C28H29N5O3/c34-23(7-6-16-3-2-8-29-14-16)26-32-27(36-33-26)21-15-30-22-5-1-4-20(22)25(21)31-24-18-9-17-10-19(24)13-28(35,11-17)12-18/h1-4,8,14-15,17-19,24,35H,5-7,9-13H2,(H,30,31)/t17?,18-,19+,24?,28?. The van der Waals surface area contributed by atoms with Gasteiger partial charge in [-0.1, -0.05) is 23.4 Å². The number of ketones is 1. The van der Waals surface area contributed by atoms with Crippen LogP contribution in [0.1, 0.15) is 66.0 Å². The Morgan fingerprint density at radius 3 is 2.83 bits per heavy atom. The van der Waals surface area contributed by atoms with Crippen LogP contribution in [0.2, 0.25) is 0 Å². The van der Waals surface area contributed by atoms with Crippen molar-refractivity contribution in [2.45, 2.75) is 63.0 Å². The summed E-state index contributed by atoms with van der Waals surface area (Å²) in [6.45, 7) is 0. The van der Waals surface area contributed by atoms with Crippen LogP contribution in [0.5, 0.6) is 0 Å². The Hall–Kier alpha value is -3.39. The van der Waals surface area contributed by atoms with Crippen molar-refractivity contribution >= 4 is 17.5 Å². The van der Waals surface area contributed by atoms with E-state index in [1.54, 1.807) is 18.6 Å². The van der Waals surface area contributed by atoms with Crippen molar-refractivity contribution in [3.63, 3.8) is 0 Å². The van der Waals surface area contributed by atoms with E-state index in [-0.39, 0.29) is 18.0 Å². The molecule has 3 aromatic heterocycles. The van der Waals surface area contributed by atoms with Gasteiger partial charge >= 0.3 is 0 Å². The number of rotatable bonds is 7. The summed E-state index contributed by atoms with van der Waals surface area (Å²) in [5, 5.41) is 18.9. The highest BCUT2D eigenvalue weighted by atomic mass is 16.5. The maximum Gasteiger partial charge on any atom is 0.262 e. The molecule has 0 saturated heterocycles. The van der Waals surface area contributed by atoms with Crippen LogP contribution in [0, 0.1) is 17.8 Å². The zero-order valence-electron chi connectivity index (χ0n) is 20.1. The van der Waals surface area contributed by atoms with Gasteiger partial charge in [-0.05, 0) is 67.9 Å². The highest BCUT2D eigenvalue weighted by Crippen LogP contribution is 2.56. The summed E-state index contributed by atoms with van der Waals surface area (Å²) < 4.78 is 5.61. The summed E-state index contributed by atoms with van der Waals surface area (Å²) in [5.41, 5.74) is 4.28. The zero-order valence-corrected chi connectivity index (χ0v) is 20.1. The number of Topliss-reactive ketones (excluding diaryl/α,β-unsaturated/α-hetero) is 1. The molecule has 5 aliphatic carbocycles. The van der Waals surface area contributed by atoms with Gasteiger partial charge < -0.3 is 14.9 Å². The van der Waals surface area contributed by atoms with Gasteiger partial charge in [0.2, 0.25) is 11.6 Å². The molecular formula is C28H29N5O3. The first kappa shape index (κ1) is 21.9. The lowest BCUT2D eigenvalue weighted by molar-refractivity contribution is -0.129. The molecule has 0 amide bonds. The fourth-order valence-corrected chi connectivity index (χ4v) is 7.26. The molecule has 8 heteroatoms. The van der Waals surface area contributed by atoms with Gasteiger partial charge in [0.05, 0.1) is 22.5 Å². The number of hydrogen-bond acceptors (Lipinski definition) is 8. The van der Waals surface area contributed by atoms with Crippen molar-refractivity contribution in [3.05, 3.63) is 59.4 Å². The van der Waals surface area contributed by atoms with Crippen molar-refractivity contribution in [1.29, 1.82) is 0 Å². The SMILES string of the molecule is O=C(CCc1cccnc1)c1noc(-c2cnc3c(c2NC2[C@@H]4CC5C[C@H]2CC(O)(C5)C4)C=CC3)n1. The van der Waals surface area contributed by atoms with Crippen molar-refractivity contribution in [3.8, 4) is 11.5 Å². The molecule has 5 aliphatic rings. The molecule has 4 saturated carbocycles. The second-order valence-electron chi connectivity index (χ2n) is 11.1. The maximum atomic E-state index is 12.8. The van der Waals surface area contributed by atoms with E-state index in [1.165, 1.54) is 12.8 Å². The highest BCUT2D eigenvalue weighted by molar-refractivity contribution is 5.93. The first-order valence-corrected chi connectivity index (χ1v) is 13.0. The summed E-state index contributed by atoms with van der Waals surface area (Å²) in [5.74, 6) is 1.79. The van der Waals surface area contributed by atoms with Gasteiger partial charge in [-0.2, -0.15) is 4.98 Å². The number of carbonyl (C=O) groups is 1. The normalized spacial score (nSPS) is 29.5. The Kier molecular flexibility index (Phi) is 5.06. The average molecular weight is 484 g/mol.